The molecule has 0 fully saturated rings. The van der Waals surface area contributed by atoms with E-state index in [0.717, 1.165) is 29.5 Å². The van der Waals surface area contributed by atoms with Gasteiger partial charge in [0.25, 0.3) is 0 Å². The highest BCUT2D eigenvalue weighted by Crippen LogP contribution is 2.24. The van der Waals surface area contributed by atoms with E-state index in [9.17, 15) is 4.79 Å². The normalized spacial score (nSPS) is 10.6. The molecule has 2 aromatic rings. The molecule has 0 amide bonds. The number of benzene rings is 2. The van der Waals surface area contributed by atoms with Crippen LogP contribution in [0, 0.1) is 0 Å². The quantitative estimate of drug-likeness (QED) is 0.674. The fourth-order valence-corrected chi connectivity index (χ4v) is 2.50. The maximum Gasteiger partial charge on any atom is 0.194 e. The highest BCUT2D eigenvalue weighted by atomic mass is 35.5. The summed E-state index contributed by atoms with van der Waals surface area (Å²) in [6.07, 6.45) is 1.72. The first-order valence-corrected chi connectivity index (χ1v) is 7.16. The lowest BCUT2D eigenvalue weighted by molar-refractivity contribution is 0.103. The Kier molecular flexibility index (Phi) is 4.46. The largest absolute Gasteiger partial charge is 0.399 e. The Bertz CT molecular complexity index is 649. The van der Waals surface area contributed by atoms with Crippen molar-refractivity contribution in [3.05, 3.63) is 63.7 Å². The van der Waals surface area contributed by atoms with Crippen LogP contribution in [-0.4, -0.2) is 5.78 Å². The summed E-state index contributed by atoms with van der Waals surface area (Å²) in [4.78, 5) is 12.7. The summed E-state index contributed by atoms with van der Waals surface area (Å²) in [7, 11) is 0. The molecule has 0 atom stereocenters. The number of halogens is 1. The number of carbonyl (C=O) groups is 1. The maximum absolute atomic E-state index is 12.7. The Hall–Kier alpha value is -1.80. The van der Waals surface area contributed by atoms with Gasteiger partial charge in [-0.15, -0.1) is 0 Å². The van der Waals surface area contributed by atoms with Crippen LogP contribution in [0.4, 0.5) is 5.69 Å². The highest BCUT2D eigenvalue weighted by Gasteiger charge is 2.16. The predicted molar refractivity (Wildman–Crippen MR) is 84.5 cm³/mol. The van der Waals surface area contributed by atoms with Crippen molar-refractivity contribution in [3.63, 3.8) is 0 Å². The first kappa shape index (κ1) is 14.6. The lowest BCUT2D eigenvalue weighted by atomic mass is 9.94. The number of carbonyl (C=O) groups excluding carboxylic acids is 1. The molecule has 0 aliphatic heterocycles. The van der Waals surface area contributed by atoms with Gasteiger partial charge in [0.2, 0.25) is 0 Å². The predicted octanol–water partition coefficient (Wildman–Crippen LogP) is 4.28. The summed E-state index contributed by atoms with van der Waals surface area (Å²) in [6, 6.07) is 11.1. The molecule has 0 heterocycles. The Balaban J connectivity index is 2.51. The summed E-state index contributed by atoms with van der Waals surface area (Å²) in [6.45, 7) is 4.12. The topological polar surface area (TPSA) is 43.1 Å². The molecule has 2 rings (SSSR count). The molecule has 0 radical (unpaired) electrons. The van der Waals surface area contributed by atoms with E-state index >= 15 is 0 Å². The number of anilines is 1. The van der Waals surface area contributed by atoms with Gasteiger partial charge in [0.15, 0.2) is 5.78 Å². The van der Waals surface area contributed by atoms with E-state index in [2.05, 4.69) is 13.0 Å². The van der Waals surface area contributed by atoms with Crippen molar-refractivity contribution >= 4 is 23.1 Å². The molecule has 0 saturated heterocycles. The number of hydrogen-bond donors (Lipinski definition) is 1. The monoisotopic (exact) mass is 287 g/mol. The number of aryl methyl sites for hydroxylation is 2. The van der Waals surface area contributed by atoms with Crippen LogP contribution < -0.4 is 5.73 Å². The zero-order valence-electron chi connectivity index (χ0n) is 11.7. The van der Waals surface area contributed by atoms with Crippen LogP contribution in [-0.2, 0) is 12.8 Å². The van der Waals surface area contributed by atoms with Gasteiger partial charge in [0.05, 0.1) is 5.02 Å². The van der Waals surface area contributed by atoms with Crippen LogP contribution in [0.1, 0.15) is 40.9 Å². The standard InChI is InChI=1S/C17H18ClNO/c1-3-11-5-6-12(4-2)15(9-11)17(20)14-8-7-13(19)10-16(14)18/h5-10H,3-4,19H2,1-2H3. The van der Waals surface area contributed by atoms with Gasteiger partial charge >= 0.3 is 0 Å². The maximum atomic E-state index is 12.7. The minimum Gasteiger partial charge on any atom is -0.399 e. The van der Waals surface area contributed by atoms with E-state index in [1.54, 1.807) is 18.2 Å². The lowest BCUT2D eigenvalue weighted by Gasteiger charge is -2.10. The molecular formula is C17H18ClNO. The van der Waals surface area contributed by atoms with Crippen LogP contribution in [0.15, 0.2) is 36.4 Å². The second kappa shape index (κ2) is 6.10. The fourth-order valence-electron chi connectivity index (χ4n) is 2.22. The molecule has 20 heavy (non-hydrogen) atoms. The number of nitrogens with two attached hydrogens (primary N) is 1. The molecule has 0 saturated carbocycles. The number of ketones is 1. The van der Waals surface area contributed by atoms with E-state index in [-0.39, 0.29) is 5.78 Å². The van der Waals surface area contributed by atoms with Gasteiger partial charge in [0, 0.05) is 16.8 Å². The first-order valence-electron chi connectivity index (χ1n) is 6.78. The zero-order chi connectivity index (χ0) is 14.7. The van der Waals surface area contributed by atoms with Crippen LogP contribution in [0.3, 0.4) is 0 Å². The molecule has 2 aromatic carbocycles. The van der Waals surface area contributed by atoms with E-state index < -0.39 is 0 Å². The van der Waals surface area contributed by atoms with Crippen molar-refractivity contribution in [1.29, 1.82) is 0 Å². The van der Waals surface area contributed by atoms with Crippen LogP contribution in [0.2, 0.25) is 5.02 Å². The van der Waals surface area contributed by atoms with Crippen LogP contribution in [0.5, 0.6) is 0 Å². The SMILES string of the molecule is CCc1ccc(CC)c(C(=O)c2ccc(N)cc2Cl)c1. The Morgan fingerprint density at radius 1 is 1.05 bits per heavy atom. The van der Waals surface area contributed by atoms with Gasteiger partial charge in [-0.2, -0.15) is 0 Å². The number of rotatable bonds is 4. The van der Waals surface area contributed by atoms with Gasteiger partial charge < -0.3 is 5.73 Å². The molecule has 0 spiro atoms. The van der Waals surface area contributed by atoms with Gasteiger partial charge in [-0.25, -0.2) is 0 Å². The average Bonchev–Trinajstić information content (AvgIpc) is 2.46. The Morgan fingerprint density at radius 3 is 2.40 bits per heavy atom. The first-order chi connectivity index (χ1) is 9.56. The third kappa shape index (κ3) is 2.86. The zero-order valence-corrected chi connectivity index (χ0v) is 12.5. The summed E-state index contributed by atoms with van der Waals surface area (Å²) < 4.78 is 0. The fraction of sp³-hybridized carbons (Fsp3) is 0.235. The van der Waals surface area contributed by atoms with Crippen molar-refractivity contribution in [3.8, 4) is 0 Å². The van der Waals surface area contributed by atoms with Crippen molar-refractivity contribution in [1.82, 2.24) is 0 Å². The van der Waals surface area contributed by atoms with E-state index in [4.69, 9.17) is 17.3 Å². The van der Waals surface area contributed by atoms with Gasteiger partial charge in [-0.3, -0.25) is 4.79 Å². The lowest BCUT2D eigenvalue weighted by Crippen LogP contribution is -2.07. The van der Waals surface area contributed by atoms with E-state index in [0.29, 0.717) is 16.3 Å². The number of hydrogen-bond acceptors (Lipinski definition) is 2. The molecule has 0 aliphatic rings. The summed E-state index contributed by atoms with van der Waals surface area (Å²) in [5.41, 5.74) is 9.66. The smallest absolute Gasteiger partial charge is 0.194 e. The molecule has 0 unspecified atom stereocenters. The molecule has 104 valence electrons. The minimum atomic E-state index is -0.0397. The highest BCUT2D eigenvalue weighted by molar-refractivity contribution is 6.35. The third-order valence-electron chi connectivity index (χ3n) is 3.45. The average molecular weight is 288 g/mol. The van der Waals surface area contributed by atoms with E-state index in [1.807, 2.05) is 19.1 Å². The Labute approximate surface area is 124 Å². The summed E-state index contributed by atoms with van der Waals surface area (Å²) in [5.74, 6) is -0.0397. The van der Waals surface area contributed by atoms with Crippen LogP contribution in [0.25, 0.3) is 0 Å². The van der Waals surface area contributed by atoms with E-state index in [1.165, 1.54) is 0 Å². The van der Waals surface area contributed by atoms with Crippen molar-refractivity contribution in [2.75, 3.05) is 5.73 Å². The second-order valence-corrected chi connectivity index (χ2v) is 5.17. The summed E-state index contributed by atoms with van der Waals surface area (Å²) >= 11 is 6.14. The van der Waals surface area contributed by atoms with Gasteiger partial charge in [-0.1, -0.05) is 37.6 Å². The van der Waals surface area contributed by atoms with Crippen molar-refractivity contribution in [2.45, 2.75) is 26.7 Å². The Morgan fingerprint density at radius 2 is 1.80 bits per heavy atom. The van der Waals surface area contributed by atoms with Crippen molar-refractivity contribution in [2.24, 2.45) is 0 Å². The number of nitrogen functional groups attached to an aromatic ring is 1. The molecule has 2 N–H and O–H groups in total. The van der Waals surface area contributed by atoms with Crippen molar-refractivity contribution < 1.29 is 4.79 Å². The minimum absolute atomic E-state index is 0.0397. The molecule has 2 nitrogen and oxygen atoms in total. The third-order valence-corrected chi connectivity index (χ3v) is 3.76. The molecule has 3 heteroatoms. The van der Waals surface area contributed by atoms with Crippen LogP contribution >= 0.6 is 11.6 Å². The molecule has 0 aliphatic carbocycles. The second-order valence-electron chi connectivity index (χ2n) is 4.77. The molecular weight excluding hydrogens is 270 g/mol. The van der Waals surface area contributed by atoms with Gasteiger partial charge in [-0.05, 0) is 48.2 Å². The van der Waals surface area contributed by atoms with Gasteiger partial charge in [0.1, 0.15) is 0 Å². The summed E-state index contributed by atoms with van der Waals surface area (Å²) in [5, 5.41) is 0.402. The molecule has 0 bridgehead atoms. The molecule has 0 aromatic heterocycles.